The third-order valence-corrected chi connectivity index (χ3v) is 15.8. The van der Waals surface area contributed by atoms with Crippen LogP contribution < -0.4 is 23.7 Å². The molecule has 47 heavy (non-hydrogen) atoms. The number of hydrogen-bond acceptors (Lipinski definition) is 10. The zero-order valence-corrected chi connectivity index (χ0v) is 30.0. The number of aliphatic hydroxyl groups excluding tert-OH is 1. The second kappa shape index (κ2) is 13.1. The van der Waals surface area contributed by atoms with Crippen molar-refractivity contribution in [2.24, 2.45) is 11.8 Å². The summed E-state index contributed by atoms with van der Waals surface area (Å²) in [5.41, 5.74) is 2.05. The molecule has 254 valence electrons. The molecule has 1 heterocycles. The average Bonchev–Trinajstić information content (AvgIpc) is 3.50. The second-order valence-corrected chi connectivity index (χ2v) is 20.2. The number of methoxy groups -OCH3 is 3. The van der Waals surface area contributed by atoms with Crippen molar-refractivity contribution < 1.29 is 46.4 Å². The summed E-state index contributed by atoms with van der Waals surface area (Å²) in [5, 5.41) is 11.0. The van der Waals surface area contributed by atoms with E-state index >= 15 is 0 Å². The van der Waals surface area contributed by atoms with E-state index in [1.54, 1.807) is 30.3 Å². The highest BCUT2D eigenvalue weighted by molar-refractivity contribution is 7.92. The van der Waals surface area contributed by atoms with Crippen molar-refractivity contribution in [2.75, 3.05) is 40.5 Å². The molecule has 0 saturated heterocycles. The van der Waals surface area contributed by atoms with Gasteiger partial charge in [0, 0.05) is 24.4 Å². The maximum absolute atomic E-state index is 14.6. The van der Waals surface area contributed by atoms with Gasteiger partial charge in [0.25, 0.3) is 0 Å². The van der Waals surface area contributed by atoms with Crippen LogP contribution >= 0.6 is 0 Å². The van der Waals surface area contributed by atoms with E-state index in [2.05, 4.69) is 33.9 Å². The van der Waals surface area contributed by atoms with E-state index in [4.69, 9.17) is 28.1 Å². The largest absolute Gasteiger partial charge is 0.493 e. The maximum Gasteiger partial charge on any atom is 0.231 e. The van der Waals surface area contributed by atoms with Crippen LogP contribution in [0.5, 0.6) is 28.7 Å². The first-order chi connectivity index (χ1) is 22.2. The lowest BCUT2D eigenvalue weighted by Crippen LogP contribution is -2.48. The highest BCUT2D eigenvalue weighted by atomic mass is 32.2. The molecule has 1 aliphatic carbocycles. The normalized spacial score (nSPS) is 20.8. The molecule has 5 rings (SSSR count). The zero-order chi connectivity index (χ0) is 34.3. The number of aliphatic hydroxyl groups is 1. The molecule has 4 atom stereocenters. The number of ether oxygens (including phenoxy) is 5. The molecule has 0 aromatic heterocycles. The fourth-order valence-corrected chi connectivity index (χ4v) is 8.89. The number of carbonyl (C=O) groups is 1. The van der Waals surface area contributed by atoms with Gasteiger partial charge in [0.1, 0.15) is 5.75 Å². The summed E-state index contributed by atoms with van der Waals surface area (Å²) in [6.07, 6.45) is -0.739. The molecule has 10 nitrogen and oxygen atoms in total. The number of rotatable bonds is 11. The third kappa shape index (κ3) is 6.48. The minimum atomic E-state index is -4.02. The molecule has 2 aliphatic rings. The van der Waals surface area contributed by atoms with Gasteiger partial charge in [0.15, 0.2) is 46.9 Å². The number of ketones is 1. The van der Waals surface area contributed by atoms with Crippen LogP contribution in [0.3, 0.4) is 0 Å². The Balaban J connectivity index is 1.78. The molecule has 0 unspecified atom stereocenters. The van der Waals surface area contributed by atoms with Crippen LogP contribution in [0, 0.1) is 11.8 Å². The van der Waals surface area contributed by atoms with Crippen LogP contribution in [0.2, 0.25) is 18.1 Å². The number of Topliss-reactive ketones (excluding diaryl/α,β-unsaturated/α-hetero) is 1. The molecule has 0 amide bonds. The molecule has 1 N–H and O–H groups in total. The number of hydrogen-bond donors (Lipinski definition) is 1. The smallest absolute Gasteiger partial charge is 0.231 e. The van der Waals surface area contributed by atoms with Gasteiger partial charge in [-0.25, -0.2) is 8.42 Å². The predicted molar refractivity (Wildman–Crippen MR) is 179 cm³/mol. The minimum absolute atomic E-state index is 0.0297. The fourth-order valence-electron chi connectivity index (χ4n) is 6.29. The van der Waals surface area contributed by atoms with Crippen LogP contribution in [0.25, 0.3) is 0 Å². The Morgan fingerprint density at radius 1 is 0.915 bits per heavy atom. The van der Waals surface area contributed by atoms with E-state index < -0.39 is 60.2 Å². The van der Waals surface area contributed by atoms with Crippen molar-refractivity contribution in [1.82, 2.24) is 0 Å². The van der Waals surface area contributed by atoms with E-state index in [0.717, 1.165) is 5.56 Å². The van der Waals surface area contributed by atoms with E-state index in [9.17, 15) is 18.3 Å². The highest BCUT2D eigenvalue weighted by Gasteiger charge is 2.51. The Morgan fingerprint density at radius 2 is 1.49 bits per heavy atom. The maximum atomic E-state index is 14.6. The average molecular weight is 685 g/mol. The first-order valence-electron chi connectivity index (χ1n) is 15.5. The van der Waals surface area contributed by atoms with Crippen LogP contribution in [-0.2, 0) is 19.1 Å². The lowest BCUT2D eigenvalue weighted by atomic mass is 9.64. The van der Waals surface area contributed by atoms with Crippen LogP contribution in [-0.4, -0.2) is 68.1 Å². The van der Waals surface area contributed by atoms with Crippen molar-refractivity contribution in [2.45, 2.75) is 55.8 Å². The monoisotopic (exact) mass is 684 g/mol. The molecule has 3 aromatic rings. The quantitative estimate of drug-likeness (QED) is 0.243. The fraction of sp³-hybridized carbons (Fsp3) is 0.457. The van der Waals surface area contributed by atoms with Gasteiger partial charge in [0.2, 0.25) is 12.5 Å². The first kappa shape index (κ1) is 34.7. The number of carbonyl (C=O) groups excluding carboxylic acids is 1. The molecule has 12 heteroatoms. The number of benzene rings is 3. The Bertz CT molecular complexity index is 1710. The van der Waals surface area contributed by atoms with Gasteiger partial charge in [-0.3, -0.25) is 4.79 Å². The molecule has 0 spiro atoms. The molecule has 0 bridgehead atoms. The topological polar surface area (TPSA) is 127 Å². The lowest BCUT2D eigenvalue weighted by molar-refractivity contribution is -0.126. The molecular weight excluding hydrogens is 641 g/mol. The number of fused-ring (bicyclic) bond motifs is 2. The van der Waals surface area contributed by atoms with Gasteiger partial charge in [-0.1, -0.05) is 39.0 Å². The zero-order valence-electron chi connectivity index (χ0n) is 28.2. The van der Waals surface area contributed by atoms with E-state index in [0.29, 0.717) is 39.9 Å². The van der Waals surface area contributed by atoms with E-state index in [-0.39, 0.29) is 16.7 Å². The van der Waals surface area contributed by atoms with Crippen molar-refractivity contribution in [3.63, 3.8) is 0 Å². The summed E-state index contributed by atoms with van der Waals surface area (Å²) in [6.45, 7) is 10.2. The summed E-state index contributed by atoms with van der Waals surface area (Å²) in [4.78, 5) is 14.7. The molecule has 3 aromatic carbocycles. The summed E-state index contributed by atoms with van der Waals surface area (Å²) < 4.78 is 62.9. The standard InChI is InChI=1S/C35H44O10SSi/c1-35(2,3)47(7,8)45-33-24-17-28-27(43-20-44-28)16-23(24)31(21-14-29(40-4)34(42-6)30(15-21)41-5)32(25(33)18-36)26(37)19-46(38,39)22-12-10-9-11-13-22/h9-17,25,31-33,36H,18-20H2,1-8H3/t25-,31-,32+,33-/m0/s1. The second-order valence-electron chi connectivity index (χ2n) is 13.5. The summed E-state index contributed by atoms with van der Waals surface area (Å²) in [7, 11) is -2.04. The van der Waals surface area contributed by atoms with Gasteiger partial charge >= 0.3 is 0 Å². The van der Waals surface area contributed by atoms with Gasteiger partial charge < -0.3 is 33.2 Å². The highest BCUT2D eigenvalue weighted by Crippen LogP contribution is 2.56. The summed E-state index contributed by atoms with van der Waals surface area (Å²) in [6, 6.07) is 15.1. The van der Waals surface area contributed by atoms with E-state index in [1.807, 2.05) is 12.1 Å². The first-order valence-corrected chi connectivity index (χ1v) is 20.1. The van der Waals surface area contributed by atoms with Crippen molar-refractivity contribution in [3.05, 3.63) is 71.3 Å². The lowest BCUT2D eigenvalue weighted by Gasteiger charge is -2.48. The molecular formula is C35H44O10SSi. The van der Waals surface area contributed by atoms with Gasteiger partial charge in [0.05, 0.1) is 32.3 Å². The van der Waals surface area contributed by atoms with Crippen LogP contribution in [0.15, 0.2) is 59.5 Å². The minimum Gasteiger partial charge on any atom is -0.493 e. The summed E-state index contributed by atoms with van der Waals surface area (Å²) in [5.74, 6) is -1.74. The Kier molecular flexibility index (Phi) is 9.71. The SMILES string of the molecule is COc1cc([C@H]2c3cc4c(cc3[C@H](O[Si](C)(C)C(C)(C)C)[C@@H](CO)[C@@H]2C(=O)CS(=O)(=O)c2ccccc2)OCO4)cc(OC)c1OC. The van der Waals surface area contributed by atoms with E-state index in [1.165, 1.54) is 33.5 Å². The van der Waals surface area contributed by atoms with Gasteiger partial charge in [-0.2, -0.15) is 0 Å². The van der Waals surface area contributed by atoms with Crippen LogP contribution in [0.4, 0.5) is 0 Å². The van der Waals surface area contributed by atoms with Crippen molar-refractivity contribution >= 4 is 23.9 Å². The van der Waals surface area contributed by atoms with Crippen LogP contribution in [0.1, 0.15) is 49.5 Å². The Morgan fingerprint density at radius 3 is 2.00 bits per heavy atom. The molecule has 0 fully saturated rings. The van der Waals surface area contributed by atoms with Gasteiger partial charge in [-0.05, 0) is 71.2 Å². The van der Waals surface area contributed by atoms with Crippen molar-refractivity contribution in [3.8, 4) is 28.7 Å². The summed E-state index contributed by atoms with van der Waals surface area (Å²) >= 11 is 0. The molecule has 0 radical (unpaired) electrons. The van der Waals surface area contributed by atoms with Crippen molar-refractivity contribution in [1.29, 1.82) is 0 Å². The Labute approximate surface area is 278 Å². The third-order valence-electron chi connectivity index (χ3n) is 9.72. The molecule has 0 saturated carbocycles. The number of sulfone groups is 1. The van der Waals surface area contributed by atoms with Gasteiger partial charge in [-0.15, -0.1) is 0 Å². The Hall–Kier alpha value is -3.58. The predicted octanol–water partition coefficient (Wildman–Crippen LogP) is 5.92. The molecule has 1 aliphatic heterocycles.